The molecular weight excluding hydrogens is 211 g/mol. The molecule has 0 spiro atoms. The second kappa shape index (κ2) is 4.14. The van der Waals surface area contributed by atoms with Gasteiger partial charge in [0.1, 0.15) is 0 Å². The van der Waals surface area contributed by atoms with E-state index in [1.54, 1.807) is 6.07 Å². The van der Waals surface area contributed by atoms with Crippen molar-refractivity contribution < 1.29 is 13.9 Å². The molecule has 5 heteroatoms. The van der Waals surface area contributed by atoms with E-state index in [0.29, 0.717) is 17.5 Å². The number of aromatic amines is 1. The zero-order valence-electron chi connectivity index (χ0n) is 8.53. The first-order valence-corrected chi connectivity index (χ1v) is 4.58. The van der Waals surface area contributed by atoms with Crippen LogP contribution in [0, 0.1) is 5.82 Å². The number of halogens is 1. The van der Waals surface area contributed by atoms with Crippen molar-refractivity contribution in [3.05, 3.63) is 36.0 Å². The summed E-state index contributed by atoms with van der Waals surface area (Å²) in [6, 6.07) is 4.52. The molecule has 0 saturated heterocycles. The fourth-order valence-corrected chi connectivity index (χ4v) is 1.38. The number of methoxy groups -OCH3 is 1. The van der Waals surface area contributed by atoms with Crippen LogP contribution < -0.4 is 4.74 Å². The summed E-state index contributed by atoms with van der Waals surface area (Å²) in [6.45, 7) is 0. The van der Waals surface area contributed by atoms with Crippen molar-refractivity contribution >= 4 is 6.29 Å². The molecule has 0 amide bonds. The molecule has 0 aliphatic carbocycles. The Morgan fingerprint density at radius 1 is 1.50 bits per heavy atom. The van der Waals surface area contributed by atoms with Gasteiger partial charge in [0.25, 0.3) is 0 Å². The van der Waals surface area contributed by atoms with Gasteiger partial charge in [-0.15, -0.1) is 0 Å². The van der Waals surface area contributed by atoms with Crippen molar-refractivity contribution in [2.45, 2.75) is 0 Å². The molecule has 1 aromatic heterocycles. The number of rotatable bonds is 3. The minimum absolute atomic E-state index is 0.180. The third kappa shape index (κ3) is 1.79. The molecule has 1 N–H and O–H groups in total. The number of nitrogens with zero attached hydrogens (tertiary/aromatic N) is 1. The average Bonchev–Trinajstić information content (AvgIpc) is 2.77. The minimum atomic E-state index is -0.456. The summed E-state index contributed by atoms with van der Waals surface area (Å²) in [7, 11) is 1.40. The minimum Gasteiger partial charge on any atom is -0.494 e. The Labute approximate surface area is 91.1 Å². The smallest absolute Gasteiger partial charge is 0.185 e. The van der Waals surface area contributed by atoms with Gasteiger partial charge in [0.15, 0.2) is 23.7 Å². The molecular formula is C11H9FN2O2. The van der Waals surface area contributed by atoms with E-state index in [2.05, 4.69) is 9.97 Å². The molecule has 0 aliphatic heterocycles. The van der Waals surface area contributed by atoms with Crippen LogP contribution in [0.3, 0.4) is 0 Å². The van der Waals surface area contributed by atoms with Gasteiger partial charge in [-0.05, 0) is 18.2 Å². The number of H-pyrrole nitrogens is 1. The van der Waals surface area contributed by atoms with Crippen molar-refractivity contribution in [1.82, 2.24) is 9.97 Å². The van der Waals surface area contributed by atoms with Gasteiger partial charge >= 0.3 is 0 Å². The molecule has 0 bridgehead atoms. The summed E-state index contributed by atoms with van der Waals surface area (Å²) in [6.07, 6.45) is 2.08. The highest BCUT2D eigenvalue weighted by molar-refractivity contribution is 5.71. The van der Waals surface area contributed by atoms with Crippen molar-refractivity contribution in [1.29, 1.82) is 0 Å². The number of carbonyl (C=O) groups excluding carboxylic acids is 1. The number of benzene rings is 1. The van der Waals surface area contributed by atoms with Gasteiger partial charge in [-0.25, -0.2) is 9.37 Å². The van der Waals surface area contributed by atoms with Crippen molar-refractivity contribution in [2.24, 2.45) is 0 Å². The molecule has 2 rings (SSSR count). The molecule has 0 radical (unpaired) electrons. The lowest BCUT2D eigenvalue weighted by atomic mass is 10.1. The number of nitrogens with one attached hydrogen (secondary N) is 1. The second-order valence-electron chi connectivity index (χ2n) is 3.15. The van der Waals surface area contributed by atoms with E-state index >= 15 is 0 Å². The Morgan fingerprint density at radius 2 is 2.31 bits per heavy atom. The van der Waals surface area contributed by atoms with E-state index in [0.717, 1.165) is 0 Å². The van der Waals surface area contributed by atoms with E-state index in [1.807, 2.05) is 0 Å². The lowest BCUT2D eigenvalue weighted by Gasteiger charge is -2.03. The Hall–Kier alpha value is -2.17. The van der Waals surface area contributed by atoms with Crippen LogP contribution in [-0.2, 0) is 0 Å². The second-order valence-corrected chi connectivity index (χ2v) is 3.15. The molecule has 16 heavy (non-hydrogen) atoms. The van der Waals surface area contributed by atoms with E-state index in [1.165, 1.54) is 25.4 Å². The number of carbonyl (C=O) groups is 1. The van der Waals surface area contributed by atoms with Gasteiger partial charge in [-0.1, -0.05) is 0 Å². The zero-order chi connectivity index (χ0) is 11.5. The molecule has 0 aliphatic rings. The highest BCUT2D eigenvalue weighted by atomic mass is 19.1. The number of aldehydes is 1. The number of imidazole rings is 1. The van der Waals surface area contributed by atoms with Crippen LogP contribution in [0.2, 0.25) is 0 Å². The Bertz CT molecular complexity index is 522. The Morgan fingerprint density at radius 3 is 2.88 bits per heavy atom. The van der Waals surface area contributed by atoms with Gasteiger partial charge in [0, 0.05) is 5.56 Å². The van der Waals surface area contributed by atoms with Gasteiger partial charge in [0.2, 0.25) is 0 Å². The standard InChI is InChI=1S/C11H9FN2O2/c1-16-10-3-2-7(4-8(10)12)9-5-13-11(6-15)14-9/h2-6H,1H3,(H,13,14). The molecule has 0 fully saturated rings. The maximum atomic E-state index is 13.4. The largest absolute Gasteiger partial charge is 0.494 e. The molecule has 1 heterocycles. The van der Waals surface area contributed by atoms with Gasteiger partial charge < -0.3 is 9.72 Å². The van der Waals surface area contributed by atoms with Gasteiger partial charge in [-0.3, -0.25) is 4.79 Å². The molecule has 0 unspecified atom stereocenters. The Kier molecular flexibility index (Phi) is 2.68. The highest BCUT2D eigenvalue weighted by Gasteiger charge is 2.07. The molecule has 1 aromatic carbocycles. The fourth-order valence-electron chi connectivity index (χ4n) is 1.38. The third-order valence-electron chi connectivity index (χ3n) is 2.17. The van der Waals surface area contributed by atoms with Gasteiger partial charge in [-0.2, -0.15) is 0 Å². The quantitative estimate of drug-likeness (QED) is 0.805. The zero-order valence-corrected chi connectivity index (χ0v) is 8.53. The number of aromatic nitrogens is 2. The van der Waals surface area contributed by atoms with Crippen molar-refractivity contribution in [3.8, 4) is 17.0 Å². The lowest BCUT2D eigenvalue weighted by molar-refractivity contribution is 0.111. The van der Waals surface area contributed by atoms with Crippen LogP contribution in [0.15, 0.2) is 24.4 Å². The highest BCUT2D eigenvalue weighted by Crippen LogP contribution is 2.23. The fraction of sp³-hybridized carbons (Fsp3) is 0.0909. The Balaban J connectivity index is 2.40. The van der Waals surface area contributed by atoms with Gasteiger partial charge in [0.05, 0.1) is 19.0 Å². The summed E-state index contributed by atoms with van der Waals surface area (Å²) in [4.78, 5) is 17.0. The van der Waals surface area contributed by atoms with E-state index in [9.17, 15) is 9.18 Å². The summed E-state index contributed by atoms with van der Waals surface area (Å²) < 4.78 is 18.2. The molecule has 0 atom stereocenters. The van der Waals surface area contributed by atoms with Crippen molar-refractivity contribution in [2.75, 3.05) is 7.11 Å². The molecule has 4 nitrogen and oxygen atoms in total. The predicted octanol–water partition coefficient (Wildman–Crippen LogP) is 2.04. The first kappa shape index (κ1) is 10.4. The first-order valence-electron chi connectivity index (χ1n) is 4.58. The lowest BCUT2D eigenvalue weighted by Crippen LogP contribution is -1.89. The first-order chi connectivity index (χ1) is 7.74. The average molecular weight is 220 g/mol. The number of ether oxygens (including phenoxy) is 1. The van der Waals surface area contributed by atoms with E-state index < -0.39 is 5.82 Å². The van der Waals surface area contributed by atoms with Crippen molar-refractivity contribution in [3.63, 3.8) is 0 Å². The number of hydrogen-bond donors (Lipinski definition) is 1. The van der Waals surface area contributed by atoms with Crippen LogP contribution >= 0.6 is 0 Å². The summed E-state index contributed by atoms with van der Waals surface area (Å²) >= 11 is 0. The predicted molar refractivity (Wildman–Crippen MR) is 55.9 cm³/mol. The molecule has 0 saturated carbocycles. The van der Waals surface area contributed by atoms with E-state index in [4.69, 9.17) is 4.74 Å². The summed E-state index contributed by atoms with van der Waals surface area (Å²) in [5.41, 5.74) is 1.20. The summed E-state index contributed by atoms with van der Waals surface area (Å²) in [5.74, 6) is -0.0626. The topological polar surface area (TPSA) is 55.0 Å². The number of hydrogen-bond acceptors (Lipinski definition) is 3. The van der Waals surface area contributed by atoms with E-state index in [-0.39, 0.29) is 11.6 Å². The van der Waals surface area contributed by atoms with Crippen LogP contribution in [-0.4, -0.2) is 23.4 Å². The SMILES string of the molecule is COc1ccc(-c2cnc(C=O)[nH]2)cc1F. The molecule has 82 valence electrons. The van der Waals surface area contributed by atoms with Crippen LogP contribution in [0.4, 0.5) is 4.39 Å². The third-order valence-corrected chi connectivity index (χ3v) is 2.17. The maximum Gasteiger partial charge on any atom is 0.185 e. The maximum absolute atomic E-state index is 13.4. The van der Waals surface area contributed by atoms with Crippen LogP contribution in [0.5, 0.6) is 5.75 Å². The van der Waals surface area contributed by atoms with Crippen LogP contribution in [0.25, 0.3) is 11.3 Å². The van der Waals surface area contributed by atoms with Crippen LogP contribution in [0.1, 0.15) is 10.6 Å². The summed E-state index contributed by atoms with van der Waals surface area (Å²) in [5, 5.41) is 0. The normalized spacial score (nSPS) is 10.1. The monoisotopic (exact) mass is 220 g/mol. The molecule has 2 aromatic rings.